The Labute approximate surface area is 152 Å². The third kappa shape index (κ3) is 3.86. The predicted molar refractivity (Wildman–Crippen MR) is 88.2 cm³/mol. The average molecular weight is 392 g/mol. The molecule has 1 aromatic rings. The minimum atomic E-state index is -5.08. The Hall–Kier alpha value is -1.65. The van der Waals surface area contributed by atoms with Crippen molar-refractivity contribution in [3.05, 3.63) is 16.8 Å². The molecule has 0 saturated carbocycles. The Kier molecular flexibility index (Phi) is 5.54. The van der Waals surface area contributed by atoms with E-state index in [0.29, 0.717) is 24.5 Å². The summed E-state index contributed by atoms with van der Waals surface area (Å²) < 4.78 is 37.2. The van der Waals surface area contributed by atoms with Crippen LogP contribution in [0.1, 0.15) is 19.3 Å². The Morgan fingerprint density at radius 3 is 2.58 bits per heavy atom. The minimum Gasteiger partial charge on any atom is -0.475 e. The van der Waals surface area contributed by atoms with E-state index < -0.39 is 12.1 Å². The number of carbonyl (C=O) groups is 2. The van der Waals surface area contributed by atoms with Crippen LogP contribution in [0.25, 0.3) is 0 Å². The number of likely N-dealkylation sites (tertiary alicyclic amines) is 1. The lowest BCUT2D eigenvalue weighted by Gasteiger charge is -2.28. The molecule has 1 N–H and O–H groups in total. The number of anilines is 1. The number of carboxylic acid groups (broad SMARTS) is 1. The van der Waals surface area contributed by atoms with Crippen LogP contribution in [0, 0.1) is 0 Å². The maximum atomic E-state index is 12.3. The number of alkyl halides is 3. The number of amides is 1. The summed E-state index contributed by atoms with van der Waals surface area (Å²) in [6, 6.07) is 3.37. The van der Waals surface area contributed by atoms with E-state index >= 15 is 0 Å². The van der Waals surface area contributed by atoms with Gasteiger partial charge in [0.15, 0.2) is 0 Å². The van der Waals surface area contributed by atoms with Gasteiger partial charge in [-0.15, -0.1) is 0 Å². The summed E-state index contributed by atoms with van der Waals surface area (Å²) in [7, 11) is 0. The first-order valence-corrected chi connectivity index (χ1v) is 9.21. The number of rotatable bonds is 2. The fraction of sp³-hybridized carbons (Fsp3) is 0.625. The molecule has 144 valence electrons. The lowest BCUT2D eigenvalue weighted by molar-refractivity contribution is -0.192. The van der Waals surface area contributed by atoms with Crippen molar-refractivity contribution >= 4 is 28.9 Å². The van der Waals surface area contributed by atoms with Crippen molar-refractivity contribution in [3.8, 4) is 0 Å². The quantitative estimate of drug-likeness (QED) is 0.837. The van der Waals surface area contributed by atoms with Crippen molar-refractivity contribution in [3.63, 3.8) is 0 Å². The lowest BCUT2D eigenvalue weighted by atomic mass is 10.1. The van der Waals surface area contributed by atoms with Crippen LogP contribution < -0.4 is 4.90 Å². The normalized spacial score (nSPS) is 28.8. The monoisotopic (exact) mass is 392 g/mol. The molecule has 1 aromatic heterocycles. The third-order valence-corrected chi connectivity index (χ3v) is 5.61. The highest BCUT2D eigenvalue weighted by Gasteiger charge is 2.49. The van der Waals surface area contributed by atoms with Crippen LogP contribution in [0.15, 0.2) is 16.8 Å². The zero-order valence-electron chi connectivity index (χ0n) is 13.8. The number of nitrogens with zero attached hydrogens (tertiary/aromatic N) is 2. The molecule has 3 aliphatic rings. The Balaban J connectivity index is 0.000000242. The van der Waals surface area contributed by atoms with Crippen molar-refractivity contribution in [2.24, 2.45) is 0 Å². The van der Waals surface area contributed by atoms with Crippen molar-refractivity contribution in [1.82, 2.24) is 4.90 Å². The second kappa shape index (κ2) is 7.53. The smallest absolute Gasteiger partial charge is 0.475 e. The summed E-state index contributed by atoms with van der Waals surface area (Å²) in [4.78, 5) is 25.8. The second-order valence-corrected chi connectivity index (χ2v) is 7.21. The van der Waals surface area contributed by atoms with Gasteiger partial charge < -0.3 is 14.7 Å². The van der Waals surface area contributed by atoms with Crippen molar-refractivity contribution < 1.29 is 32.6 Å². The van der Waals surface area contributed by atoms with E-state index in [1.807, 2.05) is 10.3 Å². The van der Waals surface area contributed by atoms with E-state index in [1.54, 1.807) is 11.3 Å². The molecule has 3 atom stereocenters. The predicted octanol–water partition coefficient (Wildman–Crippen LogP) is 2.35. The van der Waals surface area contributed by atoms with Gasteiger partial charge >= 0.3 is 12.1 Å². The maximum Gasteiger partial charge on any atom is 0.490 e. The van der Waals surface area contributed by atoms with Crippen LogP contribution >= 0.6 is 11.3 Å². The highest BCUT2D eigenvalue weighted by Crippen LogP contribution is 2.38. The lowest BCUT2D eigenvalue weighted by Crippen LogP contribution is -2.42. The molecule has 10 heteroatoms. The van der Waals surface area contributed by atoms with Gasteiger partial charge in [-0.25, -0.2) is 4.79 Å². The summed E-state index contributed by atoms with van der Waals surface area (Å²) in [5.41, 5.74) is 1.09. The van der Waals surface area contributed by atoms with Crippen LogP contribution in [0.2, 0.25) is 0 Å². The van der Waals surface area contributed by atoms with Gasteiger partial charge in [-0.3, -0.25) is 9.69 Å². The van der Waals surface area contributed by atoms with Gasteiger partial charge in [-0.2, -0.15) is 24.5 Å². The summed E-state index contributed by atoms with van der Waals surface area (Å²) in [5.74, 6) is -2.47. The molecule has 0 aromatic carbocycles. The van der Waals surface area contributed by atoms with E-state index in [0.717, 1.165) is 38.3 Å². The zero-order chi connectivity index (χ0) is 18.9. The Morgan fingerprint density at radius 2 is 2.04 bits per heavy atom. The molecule has 0 spiro atoms. The molecule has 3 saturated heterocycles. The Morgan fingerprint density at radius 1 is 1.31 bits per heavy atom. The van der Waals surface area contributed by atoms with E-state index in [1.165, 1.54) is 0 Å². The van der Waals surface area contributed by atoms with Gasteiger partial charge in [0, 0.05) is 37.0 Å². The van der Waals surface area contributed by atoms with Gasteiger partial charge in [-0.1, -0.05) is 0 Å². The highest BCUT2D eigenvalue weighted by atomic mass is 32.1. The molecular formula is C16H19F3N2O4S. The number of hydrogen-bond donors (Lipinski definition) is 1. The standard InChI is InChI=1S/C14H18N2O2S.C2HF3O2/c17-14-7-13-12(16(14)11-3-6-19-9-11)1-4-15(13)10-2-5-18-8-10;3-2(4,5)1(6)7/h3,6,9-10,12-13H,1-2,4-5,7-8H2;(H,6,7)/t10?,12-,13+;/m1./s1. The van der Waals surface area contributed by atoms with Crippen LogP contribution in [-0.2, 0) is 14.3 Å². The SMILES string of the molecule is O=C(O)C(F)(F)F.O=C1C[C@H]2[C@@H](CCN2C2CCOC2)N1c1ccsc1. The highest BCUT2D eigenvalue weighted by molar-refractivity contribution is 7.08. The topological polar surface area (TPSA) is 70.1 Å². The van der Waals surface area contributed by atoms with Gasteiger partial charge in [0.2, 0.25) is 5.91 Å². The number of fused-ring (bicyclic) bond motifs is 1. The van der Waals surface area contributed by atoms with Gasteiger partial charge in [0.25, 0.3) is 0 Å². The molecule has 4 heterocycles. The zero-order valence-corrected chi connectivity index (χ0v) is 14.6. The Bertz CT molecular complexity index is 646. The molecular weight excluding hydrogens is 373 g/mol. The molecule has 26 heavy (non-hydrogen) atoms. The molecule has 1 unspecified atom stereocenters. The summed E-state index contributed by atoms with van der Waals surface area (Å²) in [5, 5.41) is 11.3. The fourth-order valence-electron chi connectivity index (χ4n) is 3.84. The number of carbonyl (C=O) groups excluding carboxylic acids is 1. The summed E-state index contributed by atoms with van der Waals surface area (Å²) in [6.45, 7) is 2.83. The molecule has 6 nitrogen and oxygen atoms in total. The molecule has 3 fully saturated rings. The fourth-order valence-corrected chi connectivity index (χ4v) is 4.47. The van der Waals surface area contributed by atoms with Crippen LogP contribution in [0.3, 0.4) is 0 Å². The largest absolute Gasteiger partial charge is 0.490 e. The molecule has 3 aliphatic heterocycles. The first-order chi connectivity index (χ1) is 12.3. The molecule has 4 rings (SSSR count). The maximum absolute atomic E-state index is 12.3. The molecule has 1 amide bonds. The number of aliphatic carboxylic acids is 1. The number of ether oxygens (including phenoxy) is 1. The van der Waals surface area contributed by atoms with Gasteiger partial charge in [0.05, 0.1) is 18.3 Å². The van der Waals surface area contributed by atoms with E-state index in [-0.39, 0.29) is 5.91 Å². The first-order valence-electron chi connectivity index (χ1n) is 8.27. The second-order valence-electron chi connectivity index (χ2n) is 6.43. The van der Waals surface area contributed by atoms with Gasteiger partial charge in [-0.05, 0) is 24.3 Å². The number of thiophene rings is 1. The van der Waals surface area contributed by atoms with Crippen LogP contribution in [0.4, 0.5) is 18.9 Å². The van der Waals surface area contributed by atoms with Crippen molar-refractivity contribution in [2.75, 3.05) is 24.7 Å². The molecule has 0 aliphatic carbocycles. The van der Waals surface area contributed by atoms with Crippen molar-refractivity contribution in [1.29, 1.82) is 0 Å². The van der Waals surface area contributed by atoms with E-state index in [2.05, 4.69) is 16.3 Å². The average Bonchev–Trinajstić information content (AvgIpc) is 3.31. The van der Waals surface area contributed by atoms with E-state index in [4.69, 9.17) is 14.6 Å². The van der Waals surface area contributed by atoms with Crippen LogP contribution in [-0.4, -0.2) is 65.9 Å². The minimum absolute atomic E-state index is 0.289. The molecule has 0 radical (unpaired) electrons. The molecule has 0 bridgehead atoms. The van der Waals surface area contributed by atoms with Crippen molar-refractivity contribution in [2.45, 2.75) is 43.6 Å². The summed E-state index contributed by atoms with van der Waals surface area (Å²) >= 11 is 1.66. The number of hydrogen-bond acceptors (Lipinski definition) is 5. The first kappa shape index (κ1) is 19.1. The van der Waals surface area contributed by atoms with Crippen LogP contribution in [0.5, 0.6) is 0 Å². The summed E-state index contributed by atoms with van der Waals surface area (Å²) in [6.07, 6.45) is -2.18. The number of carboxylic acids is 1. The van der Waals surface area contributed by atoms with E-state index in [9.17, 15) is 18.0 Å². The van der Waals surface area contributed by atoms with Gasteiger partial charge in [0.1, 0.15) is 0 Å². The third-order valence-electron chi connectivity index (χ3n) is 4.94. The number of halogens is 3.